The molecule has 0 saturated carbocycles. The number of likely N-dealkylation sites (N-methyl/N-ethyl adjacent to an activating group) is 2. The van der Waals surface area contributed by atoms with Crippen LogP contribution in [0.1, 0.15) is 23.3 Å². The molecule has 1 saturated heterocycles. The van der Waals surface area contributed by atoms with E-state index in [2.05, 4.69) is 16.9 Å². The Morgan fingerprint density at radius 1 is 1.56 bits per heavy atom. The van der Waals surface area contributed by atoms with Gasteiger partial charge in [0.25, 0.3) is 5.91 Å². The fourth-order valence-electron chi connectivity index (χ4n) is 2.33. The van der Waals surface area contributed by atoms with Crippen molar-refractivity contribution in [3.8, 4) is 0 Å². The summed E-state index contributed by atoms with van der Waals surface area (Å²) in [4.78, 5) is 20.4. The van der Waals surface area contributed by atoms with Crippen LogP contribution in [0.25, 0.3) is 0 Å². The van der Waals surface area contributed by atoms with Gasteiger partial charge in [0.2, 0.25) is 0 Å². The van der Waals surface area contributed by atoms with E-state index in [1.807, 2.05) is 7.05 Å². The predicted molar refractivity (Wildman–Crippen MR) is 71.9 cm³/mol. The SMILES string of the molecule is CN1CCCC(N(C)C(=O)c2cccc(Cl)n2)C1. The van der Waals surface area contributed by atoms with Crippen molar-refractivity contribution in [2.45, 2.75) is 18.9 Å². The zero-order chi connectivity index (χ0) is 13.1. The van der Waals surface area contributed by atoms with Gasteiger partial charge in [-0.25, -0.2) is 4.98 Å². The minimum absolute atomic E-state index is 0.0576. The lowest BCUT2D eigenvalue weighted by atomic mass is 10.0. The summed E-state index contributed by atoms with van der Waals surface area (Å²) < 4.78 is 0. The number of piperidine rings is 1. The first-order valence-electron chi connectivity index (χ1n) is 6.16. The van der Waals surface area contributed by atoms with Crippen LogP contribution < -0.4 is 0 Å². The maximum atomic E-state index is 12.3. The van der Waals surface area contributed by atoms with E-state index in [1.165, 1.54) is 0 Å². The molecular formula is C13H18ClN3O. The largest absolute Gasteiger partial charge is 0.336 e. The number of carbonyl (C=O) groups is 1. The third-order valence-electron chi connectivity index (χ3n) is 3.40. The van der Waals surface area contributed by atoms with E-state index < -0.39 is 0 Å². The average molecular weight is 268 g/mol. The molecule has 1 aromatic rings. The summed E-state index contributed by atoms with van der Waals surface area (Å²) in [5.74, 6) is -0.0576. The number of aromatic nitrogens is 1. The Bertz CT molecular complexity index is 438. The lowest BCUT2D eigenvalue weighted by Gasteiger charge is -2.35. The Labute approximate surface area is 113 Å². The molecule has 98 valence electrons. The number of hydrogen-bond acceptors (Lipinski definition) is 3. The van der Waals surface area contributed by atoms with Gasteiger partial charge in [0, 0.05) is 19.6 Å². The average Bonchev–Trinajstić information content (AvgIpc) is 2.37. The van der Waals surface area contributed by atoms with E-state index in [1.54, 1.807) is 23.1 Å². The second-order valence-electron chi connectivity index (χ2n) is 4.82. The summed E-state index contributed by atoms with van der Waals surface area (Å²) in [5, 5.41) is 0.356. The van der Waals surface area contributed by atoms with Crippen molar-refractivity contribution in [1.29, 1.82) is 0 Å². The van der Waals surface area contributed by atoms with Gasteiger partial charge < -0.3 is 9.80 Å². The van der Waals surface area contributed by atoms with Gasteiger partial charge in [-0.1, -0.05) is 17.7 Å². The topological polar surface area (TPSA) is 36.4 Å². The Kier molecular flexibility index (Phi) is 4.19. The van der Waals surface area contributed by atoms with Crippen LogP contribution >= 0.6 is 11.6 Å². The normalized spacial score (nSPS) is 20.7. The molecule has 0 aromatic carbocycles. The number of halogens is 1. The standard InChI is InChI=1S/C13H18ClN3O/c1-16-8-4-5-10(9-16)17(2)13(18)11-6-3-7-12(14)15-11/h3,6-7,10H,4-5,8-9H2,1-2H3. The summed E-state index contributed by atoms with van der Waals surface area (Å²) >= 11 is 5.81. The molecule has 0 radical (unpaired) electrons. The third kappa shape index (κ3) is 3.00. The van der Waals surface area contributed by atoms with Crippen LogP contribution in [0.3, 0.4) is 0 Å². The van der Waals surface area contributed by atoms with E-state index in [4.69, 9.17) is 11.6 Å². The first kappa shape index (κ1) is 13.3. The highest BCUT2D eigenvalue weighted by Gasteiger charge is 2.25. The number of carbonyl (C=O) groups excluding carboxylic acids is 1. The number of likely N-dealkylation sites (tertiary alicyclic amines) is 1. The van der Waals surface area contributed by atoms with Crippen molar-refractivity contribution in [2.24, 2.45) is 0 Å². The fraction of sp³-hybridized carbons (Fsp3) is 0.538. The summed E-state index contributed by atoms with van der Waals surface area (Å²) in [6, 6.07) is 5.39. The van der Waals surface area contributed by atoms with Crippen LogP contribution in [-0.4, -0.2) is 53.9 Å². The quantitative estimate of drug-likeness (QED) is 0.768. The Balaban J connectivity index is 2.08. The maximum Gasteiger partial charge on any atom is 0.272 e. The molecule has 0 bridgehead atoms. The zero-order valence-corrected chi connectivity index (χ0v) is 11.5. The molecular weight excluding hydrogens is 250 g/mol. The van der Waals surface area contributed by atoms with Gasteiger partial charge in [-0.05, 0) is 38.6 Å². The highest BCUT2D eigenvalue weighted by Crippen LogP contribution is 2.16. The molecule has 0 spiro atoms. The molecule has 1 amide bonds. The number of nitrogens with zero attached hydrogens (tertiary/aromatic N) is 3. The van der Waals surface area contributed by atoms with Crippen LogP contribution in [-0.2, 0) is 0 Å². The van der Waals surface area contributed by atoms with Crippen molar-refractivity contribution >= 4 is 17.5 Å². The number of rotatable bonds is 2. The molecule has 1 aliphatic rings. The molecule has 0 aliphatic carbocycles. The van der Waals surface area contributed by atoms with Crippen LogP contribution in [0.5, 0.6) is 0 Å². The molecule has 1 aliphatic heterocycles. The number of pyridine rings is 1. The summed E-state index contributed by atoms with van der Waals surface area (Å²) in [7, 11) is 3.93. The van der Waals surface area contributed by atoms with Gasteiger partial charge in [-0.3, -0.25) is 4.79 Å². The van der Waals surface area contributed by atoms with Crippen LogP contribution in [0.15, 0.2) is 18.2 Å². The molecule has 1 atom stereocenters. The van der Waals surface area contributed by atoms with Crippen molar-refractivity contribution in [1.82, 2.24) is 14.8 Å². The van der Waals surface area contributed by atoms with E-state index in [0.29, 0.717) is 10.8 Å². The Morgan fingerprint density at radius 3 is 3.00 bits per heavy atom. The minimum Gasteiger partial charge on any atom is -0.336 e. The molecule has 4 nitrogen and oxygen atoms in total. The molecule has 0 N–H and O–H groups in total. The summed E-state index contributed by atoms with van der Waals surface area (Å²) in [6.45, 7) is 2.02. The van der Waals surface area contributed by atoms with E-state index in [-0.39, 0.29) is 11.9 Å². The van der Waals surface area contributed by atoms with Crippen molar-refractivity contribution in [2.75, 3.05) is 27.2 Å². The van der Waals surface area contributed by atoms with Gasteiger partial charge in [0.15, 0.2) is 0 Å². The van der Waals surface area contributed by atoms with E-state index >= 15 is 0 Å². The van der Waals surface area contributed by atoms with Gasteiger partial charge in [-0.15, -0.1) is 0 Å². The minimum atomic E-state index is -0.0576. The van der Waals surface area contributed by atoms with Gasteiger partial charge in [-0.2, -0.15) is 0 Å². The zero-order valence-electron chi connectivity index (χ0n) is 10.8. The van der Waals surface area contributed by atoms with Crippen LogP contribution in [0, 0.1) is 0 Å². The molecule has 18 heavy (non-hydrogen) atoms. The number of amides is 1. The maximum absolute atomic E-state index is 12.3. The fourth-order valence-corrected chi connectivity index (χ4v) is 2.49. The Hall–Kier alpha value is -1.13. The second-order valence-corrected chi connectivity index (χ2v) is 5.21. The summed E-state index contributed by atoms with van der Waals surface area (Å²) in [6.07, 6.45) is 2.18. The third-order valence-corrected chi connectivity index (χ3v) is 3.61. The highest BCUT2D eigenvalue weighted by molar-refractivity contribution is 6.29. The monoisotopic (exact) mass is 267 g/mol. The molecule has 2 heterocycles. The lowest BCUT2D eigenvalue weighted by molar-refractivity contribution is 0.0638. The van der Waals surface area contributed by atoms with E-state index in [9.17, 15) is 4.79 Å². The molecule has 1 unspecified atom stereocenters. The van der Waals surface area contributed by atoms with Crippen molar-refractivity contribution in [3.63, 3.8) is 0 Å². The van der Waals surface area contributed by atoms with Gasteiger partial charge >= 0.3 is 0 Å². The first-order chi connectivity index (χ1) is 8.58. The highest BCUT2D eigenvalue weighted by atomic mass is 35.5. The van der Waals surface area contributed by atoms with Gasteiger partial charge in [0.1, 0.15) is 10.8 Å². The molecule has 5 heteroatoms. The number of hydrogen-bond donors (Lipinski definition) is 0. The predicted octanol–water partition coefficient (Wildman–Crippen LogP) is 1.90. The van der Waals surface area contributed by atoms with Crippen molar-refractivity contribution < 1.29 is 4.79 Å². The molecule has 2 rings (SSSR count). The second kappa shape index (κ2) is 5.67. The molecule has 1 fully saturated rings. The van der Waals surface area contributed by atoms with Crippen LogP contribution in [0.2, 0.25) is 5.15 Å². The Morgan fingerprint density at radius 2 is 2.33 bits per heavy atom. The van der Waals surface area contributed by atoms with Crippen molar-refractivity contribution in [3.05, 3.63) is 29.0 Å². The van der Waals surface area contributed by atoms with E-state index in [0.717, 1.165) is 25.9 Å². The first-order valence-corrected chi connectivity index (χ1v) is 6.54. The molecule has 1 aromatic heterocycles. The lowest BCUT2D eigenvalue weighted by Crippen LogP contribution is -2.47. The summed E-state index contributed by atoms with van der Waals surface area (Å²) in [5.41, 5.74) is 0.415. The van der Waals surface area contributed by atoms with Gasteiger partial charge in [0.05, 0.1) is 0 Å². The van der Waals surface area contributed by atoms with Crippen LogP contribution in [0.4, 0.5) is 0 Å². The smallest absolute Gasteiger partial charge is 0.272 e.